The lowest BCUT2D eigenvalue weighted by molar-refractivity contribution is -0.130. The molecule has 0 N–H and O–H groups in total. The summed E-state index contributed by atoms with van der Waals surface area (Å²) in [7, 11) is 1.75. The Hall–Kier alpha value is -2.68. The van der Waals surface area contributed by atoms with Gasteiger partial charge >= 0.3 is 0 Å². The van der Waals surface area contributed by atoms with Crippen LogP contribution < -0.4 is 0 Å². The molecule has 2 aromatic carbocycles. The Bertz CT molecular complexity index is 1260. The molecule has 2 heterocycles. The number of tetrazole rings is 1. The van der Waals surface area contributed by atoms with E-state index in [1.54, 1.807) is 16.7 Å². The van der Waals surface area contributed by atoms with E-state index in [0.717, 1.165) is 41.7 Å². The van der Waals surface area contributed by atoms with Crippen molar-refractivity contribution < 1.29 is 4.79 Å². The minimum absolute atomic E-state index is 0.0827. The van der Waals surface area contributed by atoms with Crippen molar-refractivity contribution in [1.29, 1.82) is 0 Å². The lowest BCUT2D eigenvalue weighted by atomic mass is 9.77. The van der Waals surface area contributed by atoms with Crippen molar-refractivity contribution in [2.75, 3.05) is 5.75 Å². The third-order valence-corrected chi connectivity index (χ3v) is 7.58. The highest BCUT2D eigenvalue weighted by Gasteiger charge is 2.43. The van der Waals surface area contributed by atoms with Gasteiger partial charge in [-0.3, -0.25) is 4.79 Å². The van der Waals surface area contributed by atoms with Crippen molar-refractivity contribution in [1.82, 2.24) is 25.2 Å². The van der Waals surface area contributed by atoms with E-state index in [2.05, 4.69) is 21.6 Å². The summed E-state index contributed by atoms with van der Waals surface area (Å²) in [4.78, 5) is 13.4. The highest BCUT2D eigenvalue weighted by Crippen LogP contribution is 2.44. The smallest absolute Gasteiger partial charge is 0.253 e. The van der Waals surface area contributed by atoms with Gasteiger partial charge in [-0.05, 0) is 76.7 Å². The standard InChI is InChI=1S/C24H22Cl2N6OS/c1-31-24(27-29-30-31)34-14-21(33)32-23(16-7-11-19(26)12-8-16)20-4-2-3-17(22(20)28-32)13-15-5-9-18(25)10-6-15/h5-13,20,23H,2-4,14H2,1H3/b17-13-/t20-,23+/m1/s1. The number of hydrogen-bond donors (Lipinski definition) is 0. The number of rotatable bonds is 5. The van der Waals surface area contributed by atoms with Crippen molar-refractivity contribution in [2.24, 2.45) is 18.1 Å². The molecule has 174 valence electrons. The van der Waals surface area contributed by atoms with Gasteiger partial charge < -0.3 is 0 Å². The Labute approximate surface area is 211 Å². The number of hydrogen-bond acceptors (Lipinski definition) is 6. The van der Waals surface area contributed by atoms with Crippen LogP contribution in [0.15, 0.2) is 64.4 Å². The zero-order valence-electron chi connectivity index (χ0n) is 18.4. The molecule has 1 fully saturated rings. The summed E-state index contributed by atoms with van der Waals surface area (Å²) in [6.07, 6.45) is 5.09. The first-order valence-electron chi connectivity index (χ1n) is 11.0. The number of aromatic nitrogens is 4. The molecule has 10 heteroatoms. The zero-order valence-corrected chi connectivity index (χ0v) is 20.8. The Morgan fingerprint density at radius 2 is 1.82 bits per heavy atom. The Balaban J connectivity index is 1.47. The summed E-state index contributed by atoms with van der Waals surface area (Å²) in [5.41, 5.74) is 4.25. The van der Waals surface area contributed by atoms with Crippen LogP contribution in [0.25, 0.3) is 6.08 Å². The predicted molar refractivity (Wildman–Crippen MR) is 135 cm³/mol. The topological polar surface area (TPSA) is 76.3 Å². The largest absolute Gasteiger partial charge is 0.272 e. The van der Waals surface area contributed by atoms with Crippen LogP contribution in [0.4, 0.5) is 0 Å². The third-order valence-electron chi connectivity index (χ3n) is 6.09. The SMILES string of the molecule is Cn1nnnc1SCC(=O)N1N=C2/C(=C\c3ccc(Cl)cc3)CCC[C@H]2[C@@H]1c1ccc(Cl)cc1. The quantitative estimate of drug-likeness (QED) is 0.425. The lowest BCUT2D eigenvalue weighted by Crippen LogP contribution is -2.32. The highest BCUT2D eigenvalue weighted by atomic mass is 35.5. The van der Waals surface area contributed by atoms with Gasteiger partial charge in [0.15, 0.2) is 0 Å². The summed E-state index contributed by atoms with van der Waals surface area (Å²) >= 11 is 13.5. The number of halogens is 2. The number of carbonyl (C=O) groups excluding carboxylic acids is 1. The molecule has 0 unspecified atom stereocenters. The second-order valence-electron chi connectivity index (χ2n) is 8.31. The fourth-order valence-electron chi connectivity index (χ4n) is 4.50. The summed E-state index contributed by atoms with van der Waals surface area (Å²) < 4.78 is 1.55. The van der Waals surface area contributed by atoms with Crippen molar-refractivity contribution in [3.05, 3.63) is 75.3 Å². The van der Waals surface area contributed by atoms with Crippen LogP contribution >= 0.6 is 35.0 Å². The van der Waals surface area contributed by atoms with Gasteiger partial charge in [-0.1, -0.05) is 59.2 Å². The Morgan fingerprint density at radius 1 is 1.12 bits per heavy atom. The summed E-state index contributed by atoms with van der Waals surface area (Å²) in [5.74, 6) is 0.234. The van der Waals surface area contributed by atoms with Gasteiger partial charge in [-0.25, -0.2) is 9.69 Å². The molecule has 5 rings (SSSR count). The molecule has 1 aliphatic heterocycles. The first kappa shape index (κ1) is 23.1. The van der Waals surface area contributed by atoms with E-state index < -0.39 is 0 Å². The maximum absolute atomic E-state index is 13.4. The van der Waals surface area contributed by atoms with E-state index in [9.17, 15) is 4.79 Å². The third kappa shape index (κ3) is 4.76. The molecule has 1 aromatic heterocycles. The van der Waals surface area contributed by atoms with Crippen LogP contribution in [-0.2, 0) is 11.8 Å². The van der Waals surface area contributed by atoms with Crippen molar-refractivity contribution in [2.45, 2.75) is 30.5 Å². The molecule has 0 radical (unpaired) electrons. The molecule has 3 aromatic rings. The number of aryl methyl sites for hydroxylation is 1. The van der Waals surface area contributed by atoms with Gasteiger partial charge in [0.05, 0.1) is 17.5 Å². The van der Waals surface area contributed by atoms with E-state index in [1.165, 1.54) is 11.8 Å². The van der Waals surface area contributed by atoms with E-state index in [1.807, 2.05) is 48.5 Å². The molecule has 1 aliphatic carbocycles. The van der Waals surface area contributed by atoms with Gasteiger partial charge in [0.25, 0.3) is 5.91 Å². The maximum atomic E-state index is 13.4. The number of thioether (sulfide) groups is 1. The van der Waals surface area contributed by atoms with Crippen LogP contribution in [0, 0.1) is 5.92 Å². The van der Waals surface area contributed by atoms with Crippen molar-refractivity contribution in [3.63, 3.8) is 0 Å². The maximum Gasteiger partial charge on any atom is 0.253 e. The van der Waals surface area contributed by atoms with Gasteiger partial charge in [0.1, 0.15) is 0 Å². The molecule has 1 saturated carbocycles. The average molecular weight is 513 g/mol. The molecular weight excluding hydrogens is 491 g/mol. The molecule has 7 nitrogen and oxygen atoms in total. The van der Waals surface area contributed by atoms with E-state index in [4.69, 9.17) is 28.3 Å². The summed E-state index contributed by atoms with van der Waals surface area (Å²) in [6, 6.07) is 15.3. The monoisotopic (exact) mass is 512 g/mol. The number of nitrogens with zero attached hydrogens (tertiary/aromatic N) is 6. The van der Waals surface area contributed by atoms with E-state index in [-0.39, 0.29) is 23.6 Å². The number of benzene rings is 2. The zero-order chi connectivity index (χ0) is 23.7. The van der Waals surface area contributed by atoms with Gasteiger partial charge in [-0.15, -0.1) is 5.10 Å². The number of fused-ring (bicyclic) bond motifs is 1. The van der Waals surface area contributed by atoms with Crippen molar-refractivity contribution >= 4 is 52.7 Å². The molecule has 34 heavy (non-hydrogen) atoms. The van der Waals surface area contributed by atoms with Crippen LogP contribution in [0.2, 0.25) is 10.0 Å². The summed E-state index contributed by atoms with van der Waals surface area (Å²) in [5, 5.41) is 20.0. The van der Waals surface area contributed by atoms with Crippen LogP contribution in [-0.4, -0.2) is 42.6 Å². The van der Waals surface area contributed by atoms with Crippen LogP contribution in [0.5, 0.6) is 0 Å². The van der Waals surface area contributed by atoms with Crippen LogP contribution in [0.1, 0.15) is 36.4 Å². The normalized spacial score (nSPS) is 21.0. The highest BCUT2D eigenvalue weighted by molar-refractivity contribution is 7.99. The number of carbonyl (C=O) groups is 1. The molecule has 2 aliphatic rings. The Kier molecular flexibility index (Phi) is 6.72. The first-order chi connectivity index (χ1) is 16.5. The second kappa shape index (κ2) is 9.90. The lowest BCUT2D eigenvalue weighted by Gasteiger charge is -2.29. The second-order valence-corrected chi connectivity index (χ2v) is 10.1. The Morgan fingerprint density at radius 3 is 2.50 bits per heavy atom. The summed E-state index contributed by atoms with van der Waals surface area (Å²) in [6.45, 7) is 0. The predicted octanol–water partition coefficient (Wildman–Crippen LogP) is 5.43. The minimum atomic E-state index is -0.174. The van der Waals surface area contributed by atoms with Gasteiger partial charge in [0, 0.05) is 23.0 Å². The number of hydrazone groups is 1. The molecule has 2 atom stereocenters. The number of amides is 1. The number of allylic oxidation sites excluding steroid dienone is 1. The average Bonchev–Trinajstić information content (AvgIpc) is 3.43. The van der Waals surface area contributed by atoms with Crippen molar-refractivity contribution in [3.8, 4) is 0 Å². The molecule has 0 spiro atoms. The molecular formula is C24H22Cl2N6OS. The van der Waals surface area contributed by atoms with Gasteiger partial charge in [-0.2, -0.15) is 5.10 Å². The molecule has 0 saturated heterocycles. The van der Waals surface area contributed by atoms with Gasteiger partial charge in [0.2, 0.25) is 5.16 Å². The molecule has 0 bridgehead atoms. The fraction of sp³-hybridized carbons (Fsp3) is 0.292. The first-order valence-corrected chi connectivity index (χ1v) is 12.7. The van der Waals surface area contributed by atoms with Crippen LogP contribution in [0.3, 0.4) is 0 Å². The molecule has 1 amide bonds. The van der Waals surface area contributed by atoms with E-state index >= 15 is 0 Å². The van der Waals surface area contributed by atoms with E-state index in [0.29, 0.717) is 15.2 Å². The minimum Gasteiger partial charge on any atom is -0.272 e. The fourth-order valence-corrected chi connectivity index (χ4v) is 5.45.